The van der Waals surface area contributed by atoms with Gasteiger partial charge in [-0.15, -0.1) is 0 Å². The lowest BCUT2D eigenvalue weighted by Crippen LogP contribution is -2.56. The summed E-state index contributed by atoms with van der Waals surface area (Å²) in [7, 11) is 0. The third kappa shape index (κ3) is 2.65. The molecule has 17 heavy (non-hydrogen) atoms. The second kappa shape index (κ2) is 5.38. The van der Waals surface area contributed by atoms with Gasteiger partial charge in [0.05, 0.1) is 10.2 Å². The van der Waals surface area contributed by atoms with Crippen LogP contribution in [-0.2, 0) is 0 Å². The number of halogens is 1. The molecular weight excluding hydrogens is 276 g/mol. The van der Waals surface area contributed by atoms with E-state index in [9.17, 15) is 0 Å². The highest BCUT2D eigenvalue weighted by Gasteiger charge is 2.41. The van der Waals surface area contributed by atoms with Crippen LogP contribution in [0.5, 0.6) is 0 Å². The van der Waals surface area contributed by atoms with Gasteiger partial charge < -0.3 is 4.90 Å². The molecule has 0 saturated carbocycles. The van der Waals surface area contributed by atoms with Gasteiger partial charge in [-0.05, 0) is 34.8 Å². The molecule has 1 saturated heterocycles. The molecule has 1 aromatic rings. The number of rotatable bonds is 5. The molecule has 1 aromatic heterocycles. The van der Waals surface area contributed by atoms with Gasteiger partial charge in [0.15, 0.2) is 0 Å². The van der Waals surface area contributed by atoms with Crippen LogP contribution in [0, 0.1) is 5.41 Å². The zero-order valence-electron chi connectivity index (χ0n) is 10.7. The minimum absolute atomic E-state index is 0.576. The first-order chi connectivity index (χ1) is 8.21. The van der Waals surface area contributed by atoms with Gasteiger partial charge in [-0.3, -0.25) is 4.98 Å². The van der Waals surface area contributed by atoms with Crippen LogP contribution in [0.25, 0.3) is 0 Å². The minimum atomic E-state index is 0.576. The first kappa shape index (κ1) is 12.9. The molecule has 0 spiro atoms. The van der Waals surface area contributed by atoms with Gasteiger partial charge in [-0.2, -0.15) is 0 Å². The van der Waals surface area contributed by atoms with Crippen molar-refractivity contribution in [1.82, 2.24) is 4.98 Å². The largest absolute Gasteiger partial charge is 0.369 e. The Bertz CT molecular complexity index is 364. The molecule has 1 fully saturated rings. The Morgan fingerprint density at radius 3 is 2.47 bits per heavy atom. The third-order valence-corrected chi connectivity index (χ3v) is 4.32. The lowest BCUT2D eigenvalue weighted by molar-refractivity contribution is 0.173. The average molecular weight is 297 g/mol. The first-order valence-electron chi connectivity index (χ1n) is 6.55. The van der Waals surface area contributed by atoms with E-state index in [2.05, 4.69) is 45.7 Å². The van der Waals surface area contributed by atoms with Crippen molar-refractivity contribution < 1.29 is 0 Å². The Hall–Kier alpha value is -0.570. The van der Waals surface area contributed by atoms with Crippen molar-refractivity contribution in [2.45, 2.75) is 39.5 Å². The summed E-state index contributed by atoms with van der Waals surface area (Å²) in [5.74, 6) is 0. The van der Waals surface area contributed by atoms with Crippen LogP contribution >= 0.6 is 15.9 Å². The average Bonchev–Trinajstić information content (AvgIpc) is 2.26. The van der Waals surface area contributed by atoms with Crippen LogP contribution in [-0.4, -0.2) is 18.1 Å². The summed E-state index contributed by atoms with van der Waals surface area (Å²) in [6, 6.07) is 2.10. The highest BCUT2D eigenvalue weighted by molar-refractivity contribution is 9.10. The number of nitrogens with zero attached hydrogens (tertiary/aromatic N) is 2. The lowest BCUT2D eigenvalue weighted by Gasteiger charge is -2.52. The molecule has 0 amide bonds. The van der Waals surface area contributed by atoms with Crippen LogP contribution in [0.1, 0.15) is 39.5 Å². The molecule has 0 aromatic carbocycles. The van der Waals surface area contributed by atoms with Crippen molar-refractivity contribution in [1.29, 1.82) is 0 Å². The van der Waals surface area contributed by atoms with Crippen molar-refractivity contribution in [3.05, 3.63) is 22.9 Å². The van der Waals surface area contributed by atoms with Gasteiger partial charge in [0.25, 0.3) is 0 Å². The first-order valence-corrected chi connectivity index (χ1v) is 7.34. The maximum absolute atomic E-state index is 4.12. The van der Waals surface area contributed by atoms with Gasteiger partial charge >= 0.3 is 0 Å². The van der Waals surface area contributed by atoms with Crippen LogP contribution in [0.15, 0.2) is 22.9 Å². The van der Waals surface area contributed by atoms with E-state index in [0.717, 1.165) is 4.47 Å². The molecule has 2 nitrogen and oxygen atoms in total. The van der Waals surface area contributed by atoms with E-state index in [0.29, 0.717) is 5.41 Å². The Morgan fingerprint density at radius 1 is 1.29 bits per heavy atom. The molecule has 1 aliphatic rings. The lowest BCUT2D eigenvalue weighted by atomic mass is 9.72. The van der Waals surface area contributed by atoms with Gasteiger partial charge in [-0.25, -0.2) is 0 Å². The van der Waals surface area contributed by atoms with E-state index in [-0.39, 0.29) is 0 Å². The molecule has 0 bridgehead atoms. The molecule has 0 N–H and O–H groups in total. The summed E-state index contributed by atoms with van der Waals surface area (Å²) >= 11 is 3.58. The Kier molecular flexibility index (Phi) is 4.08. The molecule has 1 aliphatic heterocycles. The molecule has 0 unspecified atom stereocenters. The maximum atomic E-state index is 4.12. The molecule has 2 heterocycles. The summed E-state index contributed by atoms with van der Waals surface area (Å²) in [5.41, 5.74) is 1.87. The second-order valence-corrected chi connectivity index (χ2v) is 6.04. The normalized spacial score (nSPS) is 17.9. The van der Waals surface area contributed by atoms with Crippen LogP contribution in [0.4, 0.5) is 5.69 Å². The van der Waals surface area contributed by atoms with Gasteiger partial charge in [-0.1, -0.05) is 26.7 Å². The van der Waals surface area contributed by atoms with E-state index < -0.39 is 0 Å². The smallest absolute Gasteiger partial charge is 0.0592 e. The molecule has 2 rings (SSSR count). The molecule has 0 aliphatic carbocycles. The fourth-order valence-corrected chi connectivity index (χ4v) is 3.56. The molecular formula is C14H21BrN2. The standard InChI is InChI=1S/C14H21BrN2/c1-3-6-14(7-4-2)10-17(11-14)13-5-8-16-9-12(13)15/h5,8-9H,3-4,6-7,10-11H2,1-2H3. The monoisotopic (exact) mass is 296 g/mol. The molecule has 0 radical (unpaired) electrons. The van der Waals surface area contributed by atoms with E-state index in [1.165, 1.54) is 44.5 Å². The zero-order valence-corrected chi connectivity index (χ0v) is 12.3. The van der Waals surface area contributed by atoms with Crippen molar-refractivity contribution in [3.63, 3.8) is 0 Å². The Labute approximate surface area is 113 Å². The topological polar surface area (TPSA) is 16.1 Å². The quantitative estimate of drug-likeness (QED) is 0.807. The fourth-order valence-electron chi connectivity index (χ4n) is 3.06. The highest BCUT2D eigenvalue weighted by Crippen LogP contribution is 2.43. The third-order valence-electron chi connectivity index (χ3n) is 3.70. The van der Waals surface area contributed by atoms with E-state index in [4.69, 9.17) is 0 Å². The minimum Gasteiger partial charge on any atom is -0.369 e. The van der Waals surface area contributed by atoms with E-state index in [1.807, 2.05) is 12.4 Å². The summed E-state index contributed by atoms with van der Waals surface area (Å²) in [6.45, 7) is 7.00. The number of aromatic nitrogens is 1. The summed E-state index contributed by atoms with van der Waals surface area (Å²) in [4.78, 5) is 6.59. The molecule has 3 heteroatoms. The highest BCUT2D eigenvalue weighted by atomic mass is 79.9. The van der Waals surface area contributed by atoms with Gasteiger partial charge in [0.2, 0.25) is 0 Å². The maximum Gasteiger partial charge on any atom is 0.0592 e. The number of pyridine rings is 1. The zero-order chi connectivity index (χ0) is 12.3. The summed E-state index contributed by atoms with van der Waals surface area (Å²) < 4.78 is 1.11. The Morgan fingerprint density at radius 2 is 1.94 bits per heavy atom. The van der Waals surface area contributed by atoms with Crippen molar-refractivity contribution in [2.75, 3.05) is 18.0 Å². The van der Waals surface area contributed by atoms with Crippen LogP contribution < -0.4 is 4.90 Å². The summed E-state index contributed by atoms with van der Waals surface area (Å²) in [5, 5.41) is 0. The van der Waals surface area contributed by atoms with Gasteiger partial charge in [0.1, 0.15) is 0 Å². The molecule has 0 atom stereocenters. The predicted octanol–water partition coefficient (Wildman–Crippen LogP) is 4.25. The van der Waals surface area contributed by atoms with E-state index in [1.54, 1.807) is 0 Å². The Balaban J connectivity index is 2.03. The van der Waals surface area contributed by atoms with Gasteiger partial charge in [0, 0.05) is 30.9 Å². The fraction of sp³-hybridized carbons (Fsp3) is 0.643. The predicted molar refractivity (Wildman–Crippen MR) is 76.4 cm³/mol. The number of hydrogen-bond donors (Lipinski definition) is 0. The van der Waals surface area contributed by atoms with E-state index >= 15 is 0 Å². The summed E-state index contributed by atoms with van der Waals surface area (Å²) in [6.07, 6.45) is 9.07. The number of hydrogen-bond acceptors (Lipinski definition) is 2. The van der Waals surface area contributed by atoms with Crippen molar-refractivity contribution >= 4 is 21.6 Å². The number of anilines is 1. The SMILES string of the molecule is CCCC1(CCC)CN(c2ccncc2Br)C1. The molecule has 94 valence electrons. The van der Waals surface area contributed by atoms with Crippen LogP contribution in [0.2, 0.25) is 0 Å². The van der Waals surface area contributed by atoms with Crippen molar-refractivity contribution in [3.8, 4) is 0 Å². The van der Waals surface area contributed by atoms with Crippen molar-refractivity contribution in [2.24, 2.45) is 5.41 Å². The van der Waals surface area contributed by atoms with Crippen LogP contribution in [0.3, 0.4) is 0 Å². The second-order valence-electron chi connectivity index (χ2n) is 5.18.